The number of hydrogen-bond donors (Lipinski definition) is 2. The fourth-order valence-corrected chi connectivity index (χ4v) is 2.78. The first-order valence-corrected chi connectivity index (χ1v) is 8.38. The van der Waals surface area contributed by atoms with Crippen molar-refractivity contribution in [1.82, 2.24) is 5.32 Å². The quantitative estimate of drug-likeness (QED) is 0.816. The monoisotopic (exact) mass is 392 g/mol. The number of hydrogen-bond acceptors (Lipinski definition) is 2. The maximum atomic E-state index is 12.3. The van der Waals surface area contributed by atoms with E-state index < -0.39 is 0 Å². The van der Waals surface area contributed by atoms with Crippen LogP contribution in [-0.2, 0) is 0 Å². The van der Waals surface area contributed by atoms with Crippen molar-refractivity contribution in [2.24, 2.45) is 0 Å². The van der Waals surface area contributed by atoms with Gasteiger partial charge in [-0.2, -0.15) is 0 Å². The van der Waals surface area contributed by atoms with Crippen molar-refractivity contribution >= 4 is 45.0 Å². The van der Waals surface area contributed by atoms with Gasteiger partial charge in [-0.05, 0) is 59.1 Å². The number of halogens is 2. The van der Waals surface area contributed by atoms with E-state index in [0.29, 0.717) is 26.3 Å². The Balaban J connectivity index is 1.79. The van der Waals surface area contributed by atoms with Gasteiger partial charge in [-0.3, -0.25) is 9.59 Å². The third-order valence-corrected chi connectivity index (χ3v) is 4.52. The third kappa shape index (κ3) is 3.92. The summed E-state index contributed by atoms with van der Waals surface area (Å²) in [5.41, 5.74) is 1.41. The second kappa shape index (κ2) is 6.72. The molecule has 1 saturated carbocycles. The van der Waals surface area contributed by atoms with Crippen LogP contribution in [-0.4, -0.2) is 17.9 Å². The van der Waals surface area contributed by atoms with E-state index >= 15 is 0 Å². The summed E-state index contributed by atoms with van der Waals surface area (Å²) < 4.78 is 0.707. The minimum atomic E-state index is -0.256. The van der Waals surface area contributed by atoms with Gasteiger partial charge < -0.3 is 10.6 Å². The van der Waals surface area contributed by atoms with E-state index in [1.807, 2.05) is 6.07 Å². The highest BCUT2D eigenvalue weighted by Gasteiger charge is 2.25. The molecule has 2 amide bonds. The SMILES string of the molecule is O=C(NC1CC1)c1cc(NC(=O)c2ccccc2Br)ccc1Cl. The summed E-state index contributed by atoms with van der Waals surface area (Å²) >= 11 is 9.44. The van der Waals surface area contributed by atoms with Crippen LogP contribution in [0.1, 0.15) is 33.6 Å². The fraction of sp³-hybridized carbons (Fsp3) is 0.176. The summed E-state index contributed by atoms with van der Waals surface area (Å²) in [6.45, 7) is 0. The molecule has 1 aliphatic rings. The van der Waals surface area contributed by atoms with Crippen molar-refractivity contribution < 1.29 is 9.59 Å². The van der Waals surface area contributed by atoms with Crippen LogP contribution in [0, 0.1) is 0 Å². The Morgan fingerprint density at radius 3 is 2.48 bits per heavy atom. The van der Waals surface area contributed by atoms with Gasteiger partial charge in [-0.1, -0.05) is 23.7 Å². The standard InChI is InChI=1S/C17H14BrClN2O2/c18-14-4-2-1-3-12(14)16(22)21-11-7-8-15(19)13(9-11)17(23)20-10-5-6-10/h1-4,7-10H,5-6H2,(H,20,23)(H,21,22). The summed E-state index contributed by atoms with van der Waals surface area (Å²) in [7, 11) is 0. The minimum absolute atomic E-state index is 0.213. The predicted molar refractivity (Wildman–Crippen MR) is 94.0 cm³/mol. The molecule has 2 aromatic carbocycles. The highest BCUT2D eigenvalue weighted by Crippen LogP contribution is 2.25. The van der Waals surface area contributed by atoms with Gasteiger partial charge in [0.2, 0.25) is 0 Å². The lowest BCUT2D eigenvalue weighted by molar-refractivity contribution is 0.0949. The Kier molecular flexibility index (Phi) is 4.68. The van der Waals surface area contributed by atoms with Crippen molar-refractivity contribution in [3.8, 4) is 0 Å². The van der Waals surface area contributed by atoms with Crippen LogP contribution in [0.4, 0.5) is 5.69 Å². The number of nitrogens with one attached hydrogen (secondary N) is 2. The van der Waals surface area contributed by atoms with Crippen LogP contribution in [0.5, 0.6) is 0 Å². The lowest BCUT2D eigenvalue weighted by Crippen LogP contribution is -2.25. The molecule has 0 aliphatic heterocycles. The lowest BCUT2D eigenvalue weighted by Gasteiger charge is -2.10. The van der Waals surface area contributed by atoms with Gasteiger partial charge in [0, 0.05) is 16.2 Å². The number of amides is 2. The van der Waals surface area contributed by atoms with E-state index in [0.717, 1.165) is 12.8 Å². The first kappa shape index (κ1) is 16.0. The smallest absolute Gasteiger partial charge is 0.256 e. The molecule has 0 bridgehead atoms. The minimum Gasteiger partial charge on any atom is -0.349 e. The van der Waals surface area contributed by atoms with Gasteiger partial charge in [0.05, 0.1) is 16.1 Å². The van der Waals surface area contributed by atoms with Crippen LogP contribution in [0.15, 0.2) is 46.9 Å². The van der Waals surface area contributed by atoms with Gasteiger partial charge in [-0.15, -0.1) is 0 Å². The topological polar surface area (TPSA) is 58.2 Å². The molecule has 0 aromatic heterocycles. The Bertz CT molecular complexity index is 775. The molecule has 4 nitrogen and oxygen atoms in total. The summed E-state index contributed by atoms with van der Waals surface area (Å²) in [4.78, 5) is 24.5. The normalized spacial score (nSPS) is 13.5. The Morgan fingerprint density at radius 2 is 1.78 bits per heavy atom. The molecule has 0 saturated heterocycles. The molecule has 1 aliphatic carbocycles. The molecule has 2 aromatic rings. The predicted octanol–water partition coefficient (Wildman–Crippen LogP) is 4.25. The van der Waals surface area contributed by atoms with Crippen molar-refractivity contribution in [2.75, 3.05) is 5.32 Å². The average molecular weight is 394 g/mol. The van der Waals surface area contributed by atoms with Crippen LogP contribution < -0.4 is 10.6 Å². The highest BCUT2D eigenvalue weighted by atomic mass is 79.9. The van der Waals surface area contributed by atoms with Crippen LogP contribution in [0.3, 0.4) is 0 Å². The molecule has 0 radical (unpaired) electrons. The lowest BCUT2D eigenvalue weighted by atomic mass is 10.1. The first-order valence-electron chi connectivity index (χ1n) is 7.21. The molecule has 6 heteroatoms. The van der Waals surface area contributed by atoms with E-state index in [9.17, 15) is 9.59 Å². The van der Waals surface area contributed by atoms with Gasteiger partial charge in [0.1, 0.15) is 0 Å². The van der Waals surface area contributed by atoms with Crippen molar-refractivity contribution in [3.05, 3.63) is 63.1 Å². The molecule has 0 atom stereocenters. The molecular formula is C17H14BrClN2O2. The molecular weight excluding hydrogens is 380 g/mol. The second-order valence-electron chi connectivity index (χ2n) is 5.38. The van der Waals surface area contributed by atoms with Crippen LogP contribution in [0.25, 0.3) is 0 Å². The Labute approximate surface area is 147 Å². The molecule has 0 heterocycles. The largest absolute Gasteiger partial charge is 0.349 e. The maximum Gasteiger partial charge on any atom is 0.256 e. The number of carbonyl (C=O) groups excluding carboxylic acids is 2. The summed E-state index contributed by atoms with van der Waals surface area (Å²) in [6.07, 6.45) is 2.00. The fourth-order valence-electron chi connectivity index (χ4n) is 2.11. The van der Waals surface area contributed by atoms with Crippen LogP contribution in [0.2, 0.25) is 5.02 Å². The number of rotatable bonds is 4. The van der Waals surface area contributed by atoms with E-state index in [4.69, 9.17) is 11.6 Å². The summed E-state index contributed by atoms with van der Waals surface area (Å²) in [5, 5.41) is 6.03. The highest BCUT2D eigenvalue weighted by molar-refractivity contribution is 9.10. The zero-order valence-electron chi connectivity index (χ0n) is 12.1. The molecule has 0 spiro atoms. The zero-order chi connectivity index (χ0) is 16.4. The van der Waals surface area contributed by atoms with E-state index in [1.54, 1.807) is 36.4 Å². The molecule has 23 heavy (non-hydrogen) atoms. The molecule has 2 N–H and O–H groups in total. The Hall–Kier alpha value is -1.85. The average Bonchev–Trinajstić information content (AvgIpc) is 3.33. The summed E-state index contributed by atoms with van der Waals surface area (Å²) in [5.74, 6) is -0.470. The molecule has 1 fully saturated rings. The van der Waals surface area contributed by atoms with Gasteiger partial charge >= 0.3 is 0 Å². The van der Waals surface area contributed by atoms with Crippen molar-refractivity contribution in [2.45, 2.75) is 18.9 Å². The number of anilines is 1. The van der Waals surface area contributed by atoms with E-state index in [2.05, 4.69) is 26.6 Å². The second-order valence-corrected chi connectivity index (χ2v) is 6.64. The van der Waals surface area contributed by atoms with Gasteiger partial charge in [-0.25, -0.2) is 0 Å². The zero-order valence-corrected chi connectivity index (χ0v) is 14.4. The van der Waals surface area contributed by atoms with Crippen molar-refractivity contribution in [1.29, 1.82) is 0 Å². The maximum absolute atomic E-state index is 12.3. The van der Waals surface area contributed by atoms with Crippen LogP contribution >= 0.6 is 27.5 Å². The van der Waals surface area contributed by atoms with Gasteiger partial charge in [0.25, 0.3) is 11.8 Å². The van der Waals surface area contributed by atoms with Gasteiger partial charge in [0.15, 0.2) is 0 Å². The Morgan fingerprint density at radius 1 is 1.04 bits per heavy atom. The third-order valence-electron chi connectivity index (χ3n) is 3.50. The number of benzene rings is 2. The molecule has 3 rings (SSSR count). The van der Waals surface area contributed by atoms with E-state index in [-0.39, 0.29) is 17.9 Å². The number of carbonyl (C=O) groups is 2. The summed E-state index contributed by atoms with van der Waals surface area (Å²) in [6, 6.07) is 12.3. The molecule has 118 valence electrons. The van der Waals surface area contributed by atoms with Crippen molar-refractivity contribution in [3.63, 3.8) is 0 Å². The molecule has 0 unspecified atom stereocenters. The first-order chi connectivity index (χ1) is 11.0. The van der Waals surface area contributed by atoms with E-state index in [1.165, 1.54) is 0 Å².